The van der Waals surface area contributed by atoms with Gasteiger partial charge < -0.3 is 24.1 Å². The SMILES string of the molecule is CCOC(=O)c1ccc2c(c1)nc(SCC(=O)NC[C@@H]1COc3ccccc3O1)n2CC. The van der Waals surface area contributed by atoms with Crippen LogP contribution < -0.4 is 14.8 Å². The predicted molar refractivity (Wildman–Crippen MR) is 121 cm³/mol. The van der Waals surface area contributed by atoms with Crippen LogP contribution in [0.15, 0.2) is 47.6 Å². The monoisotopic (exact) mass is 455 g/mol. The van der Waals surface area contributed by atoms with Crippen LogP contribution in [0.5, 0.6) is 11.5 Å². The van der Waals surface area contributed by atoms with Crippen molar-refractivity contribution in [2.45, 2.75) is 31.7 Å². The van der Waals surface area contributed by atoms with Crippen LogP contribution in [-0.4, -0.2) is 53.0 Å². The maximum absolute atomic E-state index is 12.4. The van der Waals surface area contributed by atoms with Gasteiger partial charge in [0.2, 0.25) is 5.91 Å². The average Bonchev–Trinajstić information content (AvgIpc) is 3.18. The number of nitrogens with one attached hydrogen (secondary N) is 1. The summed E-state index contributed by atoms with van der Waals surface area (Å²) in [5.41, 5.74) is 2.08. The van der Waals surface area contributed by atoms with Crippen LogP contribution >= 0.6 is 11.8 Å². The van der Waals surface area contributed by atoms with Gasteiger partial charge in [-0.05, 0) is 44.2 Å². The number of carbonyl (C=O) groups excluding carboxylic acids is 2. The van der Waals surface area contributed by atoms with Crippen molar-refractivity contribution in [1.82, 2.24) is 14.9 Å². The van der Waals surface area contributed by atoms with Gasteiger partial charge in [-0.2, -0.15) is 0 Å². The number of aromatic nitrogens is 2. The molecule has 1 aromatic heterocycles. The fraction of sp³-hybridized carbons (Fsp3) is 0.348. The second kappa shape index (κ2) is 9.95. The molecule has 0 radical (unpaired) electrons. The number of benzene rings is 2. The second-order valence-corrected chi connectivity index (χ2v) is 8.10. The summed E-state index contributed by atoms with van der Waals surface area (Å²) in [7, 11) is 0. The number of hydrogen-bond donors (Lipinski definition) is 1. The molecule has 0 saturated heterocycles. The highest BCUT2D eigenvalue weighted by atomic mass is 32.2. The lowest BCUT2D eigenvalue weighted by molar-refractivity contribution is -0.119. The molecule has 0 saturated carbocycles. The number of amides is 1. The van der Waals surface area contributed by atoms with Crippen molar-refractivity contribution in [1.29, 1.82) is 0 Å². The molecule has 1 aliphatic rings. The number of thioether (sulfide) groups is 1. The predicted octanol–water partition coefficient (Wildman–Crippen LogP) is 3.28. The minimum Gasteiger partial charge on any atom is -0.486 e. The van der Waals surface area contributed by atoms with Gasteiger partial charge in [0, 0.05) is 6.54 Å². The van der Waals surface area contributed by atoms with E-state index in [0.717, 1.165) is 16.4 Å². The van der Waals surface area contributed by atoms with E-state index in [2.05, 4.69) is 10.3 Å². The third-order valence-electron chi connectivity index (χ3n) is 4.97. The maximum Gasteiger partial charge on any atom is 0.338 e. The van der Waals surface area contributed by atoms with Crippen molar-refractivity contribution in [3.63, 3.8) is 0 Å². The Morgan fingerprint density at radius 1 is 1.22 bits per heavy atom. The first-order valence-corrected chi connectivity index (χ1v) is 11.5. The molecule has 4 rings (SSSR count). The average molecular weight is 456 g/mol. The lowest BCUT2D eigenvalue weighted by Gasteiger charge is -2.26. The van der Waals surface area contributed by atoms with Crippen molar-refractivity contribution in [2.75, 3.05) is 25.5 Å². The number of esters is 1. The van der Waals surface area contributed by atoms with Gasteiger partial charge in [0.15, 0.2) is 16.7 Å². The van der Waals surface area contributed by atoms with Crippen LogP contribution in [0.2, 0.25) is 0 Å². The first-order chi connectivity index (χ1) is 15.6. The fourth-order valence-electron chi connectivity index (χ4n) is 3.44. The summed E-state index contributed by atoms with van der Waals surface area (Å²) in [5.74, 6) is 1.14. The summed E-state index contributed by atoms with van der Waals surface area (Å²) in [6, 6.07) is 12.8. The Hall–Kier alpha value is -3.20. The molecule has 2 heterocycles. The van der Waals surface area contributed by atoms with Crippen LogP contribution in [0.3, 0.4) is 0 Å². The largest absolute Gasteiger partial charge is 0.486 e. The summed E-state index contributed by atoms with van der Waals surface area (Å²) in [6.07, 6.45) is -0.236. The van der Waals surface area contributed by atoms with Gasteiger partial charge in [-0.3, -0.25) is 4.79 Å². The highest BCUT2D eigenvalue weighted by Gasteiger charge is 2.21. The number of fused-ring (bicyclic) bond motifs is 2. The van der Waals surface area contributed by atoms with E-state index in [1.54, 1.807) is 19.1 Å². The summed E-state index contributed by atoms with van der Waals surface area (Å²) in [5, 5.41) is 3.63. The summed E-state index contributed by atoms with van der Waals surface area (Å²) >= 11 is 1.36. The normalized spacial score (nSPS) is 14.9. The van der Waals surface area contributed by atoms with E-state index in [4.69, 9.17) is 14.2 Å². The number of rotatable bonds is 8. The highest BCUT2D eigenvalue weighted by Crippen LogP contribution is 2.30. The van der Waals surface area contributed by atoms with E-state index in [9.17, 15) is 9.59 Å². The third-order valence-corrected chi connectivity index (χ3v) is 5.94. The Morgan fingerprint density at radius 2 is 2.03 bits per heavy atom. The summed E-state index contributed by atoms with van der Waals surface area (Å²) in [4.78, 5) is 29.0. The zero-order valence-corrected chi connectivity index (χ0v) is 18.8. The standard InChI is InChI=1S/C23H25N3O5S/c1-3-26-18-10-9-15(22(28)29-4-2)11-17(18)25-23(26)32-14-21(27)24-12-16-13-30-19-7-5-6-8-20(19)31-16/h5-11,16H,3-4,12-14H2,1-2H3,(H,24,27)/t16-/m1/s1. The van der Waals surface area contributed by atoms with Crippen molar-refractivity contribution in [3.8, 4) is 11.5 Å². The molecular formula is C23H25N3O5S. The van der Waals surface area contributed by atoms with Gasteiger partial charge >= 0.3 is 5.97 Å². The first-order valence-electron chi connectivity index (χ1n) is 10.5. The van der Waals surface area contributed by atoms with Gasteiger partial charge in [-0.15, -0.1) is 0 Å². The van der Waals surface area contributed by atoms with Crippen LogP contribution in [-0.2, 0) is 16.1 Å². The van der Waals surface area contributed by atoms with Gasteiger partial charge in [0.05, 0.1) is 35.5 Å². The quantitative estimate of drug-likeness (QED) is 0.412. The van der Waals surface area contributed by atoms with E-state index in [0.29, 0.717) is 43.1 Å². The Kier molecular flexibility index (Phi) is 6.84. The maximum atomic E-state index is 12.4. The Labute approximate surface area is 190 Å². The fourth-order valence-corrected chi connectivity index (χ4v) is 4.35. The van der Waals surface area contributed by atoms with Crippen LogP contribution in [0, 0.1) is 0 Å². The Balaban J connectivity index is 1.35. The lowest BCUT2D eigenvalue weighted by Crippen LogP contribution is -2.41. The van der Waals surface area contributed by atoms with Crippen molar-refractivity contribution >= 4 is 34.7 Å². The molecule has 0 unspecified atom stereocenters. The van der Waals surface area contributed by atoms with Gasteiger partial charge in [0.1, 0.15) is 12.7 Å². The van der Waals surface area contributed by atoms with Crippen LogP contribution in [0.4, 0.5) is 0 Å². The van der Waals surface area contributed by atoms with Crippen molar-refractivity contribution in [2.24, 2.45) is 0 Å². The van der Waals surface area contributed by atoms with Gasteiger partial charge in [-0.1, -0.05) is 23.9 Å². The van der Waals surface area contributed by atoms with Crippen molar-refractivity contribution < 1.29 is 23.8 Å². The smallest absolute Gasteiger partial charge is 0.338 e. The second-order valence-electron chi connectivity index (χ2n) is 7.15. The minimum absolute atomic E-state index is 0.112. The number of para-hydroxylation sites is 2. The zero-order chi connectivity index (χ0) is 22.5. The first kappa shape index (κ1) is 22.0. The molecular weight excluding hydrogens is 430 g/mol. The number of ether oxygens (including phenoxy) is 3. The molecule has 0 aliphatic carbocycles. The number of nitrogens with zero attached hydrogens (tertiary/aromatic N) is 2. The molecule has 2 aromatic carbocycles. The molecule has 0 spiro atoms. The third kappa shape index (κ3) is 4.83. The molecule has 168 valence electrons. The molecule has 9 heteroatoms. The molecule has 32 heavy (non-hydrogen) atoms. The van der Waals surface area contributed by atoms with Crippen LogP contribution in [0.25, 0.3) is 11.0 Å². The molecule has 1 amide bonds. The zero-order valence-electron chi connectivity index (χ0n) is 18.0. The molecule has 0 bridgehead atoms. The topological polar surface area (TPSA) is 91.7 Å². The van der Waals surface area contributed by atoms with Crippen LogP contribution in [0.1, 0.15) is 24.2 Å². The molecule has 8 nitrogen and oxygen atoms in total. The minimum atomic E-state index is -0.370. The molecule has 1 atom stereocenters. The van der Waals surface area contributed by atoms with E-state index in [1.807, 2.05) is 41.8 Å². The van der Waals surface area contributed by atoms with E-state index in [-0.39, 0.29) is 23.7 Å². The molecule has 0 fully saturated rings. The number of imidazole rings is 1. The molecule has 3 aromatic rings. The number of aryl methyl sites for hydroxylation is 1. The number of hydrogen-bond acceptors (Lipinski definition) is 7. The van der Waals surface area contributed by atoms with Gasteiger partial charge in [0.25, 0.3) is 0 Å². The Morgan fingerprint density at radius 3 is 2.81 bits per heavy atom. The lowest BCUT2D eigenvalue weighted by atomic mass is 10.2. The summed E-state index contributed by atoms with van der Waals surface area (Å²) < 4.78 is 18.6. The van der Waals surface area contributed by atoms with E-state index >= 15 is 0 Å². The summed E-state index contributed by atoms with van der Waals surface area (Å²) in [6.45, 7) is 5.56. The molecule has 1 N–H and O–H groups in total. The number of carbonyl (C=O) groups is 2. The van der Waals surface area contributed by atoms with E-state index in [1.165, 1.54) is 11.8 Å². The van der Waals surface area contributed by atoms with Gasteiger partial charge in [-0.25, -0.2) is 9.78 Å². The Bertz CT molecular complexity index is 1130. The van der Waals surface area contributed by atoms with E-state index < -0.39 is 0 Å². The van der Waals surface area contributed by atoms with Crippen molar-refractivity contribution in [3.05, 3.63) is 48.0 Å². The highest BCUT2D eigenvalue weighted by molar-refractivity contribution is 7.99. The molecule has 1 aliphatic heterocycles.